The van der Waals surface area contributed by atoms with Gasteiger partial charge in [-0.2, -0.15) is 10.2 Å². The Kier molecular flexibility index (Phi) is 5.18. The van der Waals surface area contributed by atoms with Crippen LogP contribution in [-0.2, 0) is 13.1 Å². The third-order valence-electron chi connectivity index (χ3n) is 5.84. The number of rotatable bonds is 3. The van der Waals surface area contributed by atoms with Gasteiger partial charge < -0.3 is 16.0 Å². The van der Waals surface area contributed by atoms with Gasteiger partial charge in [-0.3, -0.25) is 14.6 Å². The molecule has 2 aromatic carbocycles. The van der Waals surface area contributed by atoms with Gasteiger partial charge in [-0.15, -0.1) is 0 Å². The van der Waals surface area contributed by atoms with Crippen LogP contribution in [0.2, 0.25) is 5.02 Å². The molecule has 1 aliphatic heterocycles. The number of primary amides is 1. The van der Waals surface area contributed by atoms with Gasteiger partial charge in [-0.1, -0.05) is 23.7 Å². The maximum Gasteiger partial charge on any atom is 0.322 e. The summed E-state index contributed by atoms with van der Waals surface area (Å²) < 4.78 is 1.71. The highest BCUT2D eigenvalue weighted by Crippen LogP contribution is 2.34. The second-order valence-electron chi connectivity index (χ2n) is 7.97. The number of urea groups is 1. The minimum absolute atomic E-state index is 0.165. The Bertz CT molecular complexity index is 1500. The number of carbonyl (C=O) groups excluding carboxylic acids is 2. The fourth-order valence-electron chi connectivity index (χ4n) is 4.11. The maximum atomic E-state index is 12.9. The number of H-pyrrole nitrogens is 1. The molecule has 0 aliphatic carbocycles. The molecule has 4 aromatic rings. The van der Waals surface area contributed by atoms with Crippen molar-refractivity contribution < 1.29 is 9.59 Å². The van der Waals surface area contributed by atoms with E-state index in [1.54, 1.807) is 39.9 Å². The highest BCUT2D eigenvalue weighted by atomic mass is 35.5. The van der Waals surface area contributed by atoms with E-state index in [9.17, 15) is 9.59 Å². The van der Waals surface area contributed by atoms with Crippen LogP contribution in [0.1, 0.15) is 21.7 Å². The fraction of sp³-hybridized carbons (Fsp3) is 0.174. The van der Waals surface area contributed by atoms with E-state index in [-0.39, 0.29) is 18.1 Å². The predicted molar refractivity (Wildman–Crippen MR) is 128 cm³/mol. The summed E-state index contributed by atoms with van der Waals surface area (Å²) in [6.45, 7) is 9.88. The van der Waals surface area contributed by atoms with E-state index < -0.39 is 5.91 Å². The maximum absolute atomic E-state index is 12.9. The topological polar surface area (TPSA) is 126 Å². The molecular weight excluding hydrogens is 456 g/mol. The smallest absolute Gasteiger partial charge is 0.322 e. The van der Waals surface area contributed by atoms with Crippen molar-refractivity contribution in [1.29, 1.82) is 0 Å². The Balaban J connectivity index is 1.47. The van der Waals surface area contributed by atoms with E-state index in [1.165, 1.54) is 0 Å². The van der Waals surface area contributed by atoms with Crippen molar-refractivity contribution in [2.45, 2.75) is 20.0 Å². The molecule has 0 unspecified atom stereocenters. The van der Waals surface area contributed by atoms with Gasteiger partial charge in [-0.25, -0.2) is 9.64 Å². The lowest BCUT2D eigenvalue weighted by molar-refractivity contribution is 0.0997. The summed E-state index contributed by atoms with van der Waals surface area (Å²) in [5.41, 5.74) is 10.2. The third-order valence-corrected chi connectivity index (χ3v) is 6.13. The lowest BCUT2D eigenvalue weighted by atomic mass is 10.0. The lowest BCUT2D eigenvalue weighted by Gasteiger charge is -2.28. The number of hydrogen-bond acceptors (Lipinski definition) is 4. The van der Waals surface area contributed by atoms with Crippen molar-refractivity contribution in [3.05, 3.63) is 69.8 Å². The van der Waals surface area contributed by atoms with E-state index in [0.717, 1.165) is 11.1 Å². The van der Waals surface area contributed by atoms with Crippen molar-refractivity contribution in [2.24, 2.45) is 5.73 Å². The fourth-order valence-corrected chi connectivity index (χ4v) is 4.37. The summed E-state index contributed by atoms with van der Waals surface area (Å²) >= 11 is 6.43. The number of aromatic amines is 1. The van der Waals surface area contributed by atoms with Crippen LogP contribution in [0.4, 0.5) is 16.2 Å². The number of nitrogens with two attached hydrogens (primary N) is 1. The summed E-state index contributed by atoms with van der Waals surface area (Å²) in [7, 11) is 0. The van der Waals surface area contributed by atoms with Gasteiger partial charge in [0.25, 0.3) is 5.91 Å². The third kappa shape index (κ3) is 3.62. The van der Waals surface area contributed by atoms with E-state index in [2.05, 4.69) is 25.5 Å². The Hall–Kier alpha value is -4.36. The van der Waals surface area contributed by atoms with Crippen LogP contribution in [0.25, 0.3) is 27.0 Å². The number of halogens is 1. The van der Waals surface area contributed by atoms with Gasteiger partial charge in [-0.05, 0) is 31.2 Å². The Morgan fingerprint density at radius 2 is 2.00 bits per heavy atom. The molecule has 3 amide bonds. The number of amides is 3. The molecular formula is C23H19ClN8O2. The van der Waals surface area contributed by atoms with Gasteiger partial charge in [0.1, 0.15) is 11.2 Å². The molecule has 170 valence electrons. The Labute approximate surface area is 199 Å². The summed E-state index contributed by atoms with van der Waals surface area (Å²) in [5, 5.41) is 15.8. The van der Waals surface area contributed by atoms with Gasteiger partial charge in [0.15, 0.2) is 5.69 Å². The first-order valence-electron chi connectivity index (χ1n) is 10.4. The largest absolute Gasteiger partial charge is 0.365 e. The van der Waals surface area contributed by atoms with Crippen LogP contribution in [0.5, 0.6) is 0 Å². The van der Waals surface area contributed by atoms with E-state index >= 15 is 0 Å². The van der Waals surface area contributed by atoms with Crippen molar-refractivity contribution in [3.8, 4) is 11.3 Å². The minimum Gasteiger partial charge on any atom is -0.365 e. The average molecular weight is 475 g/mol. The van der Waals surface area contributed by atoms with Crippen molar-refractivity contribution in [2.75, 3.05) is 11.9 Å². The average Bonchev–Trinajstić information content (AvgIpc) is 3.40. The quantitative estimate of drug-likeness (QED) is 0.386. The number of nitrogens with one attached hydrogen (secondary N) is 2. The molecule has 5 rings (SSSR count). The normalized spacial score (nSPS) is 12.9. The standard InChI is InChI=1S/C23H19ClN8O2/c1-12-16-9-13(10-17(24)21(16)29-28-12)20-19(22(25)33)18-11-31(7-8-32(18)30-20)23(34)27-15-5-3-14(26-2)4-6-15/h3-6,9-10H,7-8,11H2,1H3,(H2,25,33)(H,27,34)(H,28,29). The van der Waals surface area contributed by atoms with E-state index in [0.29, 0.717) is 52.0 Å². The molecule has 0 radical (unpaired) electrons. The number of fused-ring (bicyclic) bond motifs is 2. The molecule has 0 fully saturated rings. The zero-order valence-electron chi connectivity index (χ0n) is 18.1. The van der Waals surface area contributed by atoms with E-state index in [4.69, 9.17) is 23.9 Å². The summed E-state index contributed by atoms with van der Waals surface area (Å²) in [6.07, 6.45) is 0. The summed E-state index contributed by atoms with van der Waals surface area (Å²) in [6, 6.07) is 9.87. The number of aryl methyl sites for hydroxylation is 1. The van der Waals surface area contributed by atoms with Crippen molar-refractivity contribution in [1.82, 2.24) is 24.9 Å². The molecule has 0 bridgehead atoms. The SMILES string of the molecule is [C-]#[N+]c1ccc(NC(=O)N2CCn3nc(-c4cc(Cl)c5n[nH]c(C)c5c4)c(C(N)=O)c3C2)cc1. The lowest BCUT2D eigenvalue weighted by Crippen LogP contribution is -2.41. The van der Waals surface area contributed by atoms with Crippen molar-refractivity contribution >= 4 is 45.8 Å². The Morgan fingerprint density at radius 1 is 1.24 bits per heavy atom. The molecule has 0 saturated carbocycles. The summed E-state index contributed by atoms with van der Waals surface area (Å²) in [5.74, 6) is -0.631. The first kappa shape index (κ1) is 21.5. The van der Waals surface area contributed by atoms with Crippen molar-refractivity contribution in [3.63, 3.8) is 0 Å². The molecule has 0 atom stereocenters. The van der Waals surface area contributed by atoms with Gasteiger partial charge in [0.05, 0.1) is 35.9 Å². The monoisotopic (exact) mass is 474 g/mol. The molecule has 3 heterocycles. The number of benzene rings is 2. The number of aromatic nitrogens is 4. The highest BCUT2D eigenvalue weighted by Gasteiger charge is 2.30. The van der Waals surface area contributed by atoms with Gasteiger partial charge in [0, 0.05) is 28.9 Å². The molecule has 0 saturated heterocycles. The second kappa shape index (κ2) is 8.20. The molecule has 11 heteroatoms. The van der Waals surface area contributed by atoms with Crippen LogP contribution in [0.3, 0.4) is 0 Å². The molecule has 0 spiro atoms. The van der Waals surface area contributed by atoms with Crippen LogP contribution in [0, 0.1) is 13.5 Å². The Morgan fingerprint density at radius 3 is 2.71 bits per heavy atom. The van der Waals surface area contributed by atoms with Gasteiger partial charge >= 0.3 is 6.03 Å². The van der Waals surface area contributed by atoms with Crippen LogP contribution in [0.15, 0.2) is 36.4 Å². The van der Waals surface area contributed by atoms with Crippen LogP contribution in [-0.4, -0.2) is 43.4 Å². The first-order chi connectivity index (χ1) is 16.4. The van der Waals surface area contributed by atoms with Crippen LogP contribution < -0.4 is 11.1 Å². The molecule has 2 aromatic heterocycles. The zero-order valence-corrected chi connectivity index (χ0v) is 18.8. The number of anilines is 1. The van der Waals surface area contributed by atoms with Crippen LogP contribution >= 0.6 is 11.6 Å². The second-order valence-corrected chi connectivity index (χ2v) is 8.38. The predicted octanol–water partition coefficient (Wildman–Crippen LogP) is 4.09. The minimum atomic E-state index is -0.631. The number of nitrogens with zero attached hydrogens (tertiary/aromatic N) is 5. The molecule has 4 N–H and O–H groups in total. The van der Waals surface area contributed by atoms with Gasteiger partial charge in [0.2, 0.25) is 0 Å². The number of carbonyl (C=O) groups is 2. The van der Waals surface area contributed by atoms with E-state index in [1.807, 2.05) is 13.0 Å². The zero-order chi connectivity index (χ0) is 24.0. The first-order valence-corrected chi connectivity index (χ1v) is 10.8. The molecule has 10 nitrogen and oxygen atoms in total. The molecule has 34 heavy (non-hydrogen) atoms. The highest BCUT2D eigenvalue weighted by molar-refractivity contribution is 6.35. The number of hydrogen-bond donors (Lipinski definition) is 3. The molecule has 1 aliphatic rings. The summed E-state index contributed by atoms with van der Waals surface area (Å²) in [4.78, 5) is 30.3.